The molecule has 8 heteroatoms. The Kier molecular flexibility index (Phi) is 7.95. The van der Waals surface area contributed by atoms with E-state index in [4.69, 9.17) is 0 Å². The molecule has 1 fully saturated rings. The van der Waals surface area contributed by atoms with Crippen LogP contribution in [-0.2, 0) is 23.9 Å². The topological polar surface area (TPSA) is 30.0 Å². The van der Waals surface area contributed by atoms with Gasteiger partial charge in [-0.3, -0.25) is 9.69 Å². The van der Waals surface area contributed by atoms with Gasteiger partial charge in [0.25, 0.3) is 0 Å². The van der Waals surface area contributed by atoms with Gasteiger partial charge >= 0.3 is 6.18 Å². The molecule has 0 radical (unpaired) electrons. The maximum Gasteiger partial charge on any atom is 0.416 e. The predicted molar refractivity (Wildman–Crippen MR) is 137 cm³/mol. The Morgan fingerprint density at radius 1 is 1.03 bits per heavy atom. The number of rotatable bonds is 9. The first kappa shape index (κ1) is 26.5. The number of anilines is 1. The molecule has 0 N–H and O–H groups in total. The number of halogens is 3. The van der Waals surface area contributed by atoms with Crippen molar-refractivity contribution in [3.63, 3.8) is 0 Å². The van der Waals surface area contributed by atoms with Crippen molar-refractivity contribution in [2.45, 2.75) is 51.0 Å². The normalized spacial score (nSPS) is 18.3. The zero-order valence-electron chi connectivity index (χ0n) is 21.7. The average Bonchev–Trinajstić information content (AvgIpc) is 3.66. The van der Waals surface area contributed by atoms with Gasteiger partial charge < -0.3 is 14.7 Å². The molecule has 1 aliphatic carbocycles. The van der Waals surface area contributed by atoms with E-state index in [0.29, 0.717) is 25.2 Å². The number of fused-ring (bicyclic) bond motifs is 1. The number of benzene rings is 2. The van der Waals surface area contributed by atoms with Gasteiger partial charge in [-0.15, -0.1) is 0 Å². The lowest BCUT2D eigenvalue weighted by Crippen LogP contribution is -2.42. The average molecular weight is 503 g/mol. The second-order valence-corrected chi connectivity index (χ2v) is 10.4. The van der Waals surface area contributed by atoms with Crippen LogP contribution in [-0.4, -0.2) is 74.0 Å². The fraction of sp³-hybridized carbons (Fsp3) is 0.536. The fourth-order valence-corrected chi connectivity index (χ4v) is 5.27. The summed E-state index contributed by atoms with van der Waals surface area (Å²) in [4.78, 5) is 21.5. The largest absolute Gasteiger partial charge is 0.416 e. The number of hydrogen-bond donors (Lipinski definition) is 0. The van der Waals surface area contributed by atoms with Gasteiger partial charge in [0, 0.05) is 51.0 Å². The van der Waals surface area contributed by atoms with Crippen LogP contribution in [0.3, 0.4) is 0 Å². The summed E-state index contributed by atoms with van der Waals surface area (Å²) in [6.45, 7) is 4.23. The van der Waals surface area contributed by atoms with E-state index >= 15 is 0 Å². The van der Waals surface area contributed by atoms with Crippen molar-refractivity contribution in [2.75, 3.05) is 52.2 Å². The molecule has 1 amide bonds. The highest BCUT2D eigenvalue weighted by atomic mass is 19.4. The van der Waals surface area contributed by atoms with Gasteiger partial charge in [0.05, 0.1) is 12.1 Å². The Bertz CT molecular complexity index is 1070. The molecule has 0 saturated heterocycles. The Balaban J connectivity index is 1.52. The lowest BCUT2D eigenvalue weighted by atomic mass is 9.91. The Morgan fingerprint density at radius 3 is 2.42 bits per heavy atom. The number of likely N-dealkylation sites (N-methyl/N-ethyl adjacent to an activating group) is 2. The Hall–Kier alpha value is -2.58. The zero-order valence-corrected chi connectivity index (χ0v) is 21.7. The molecule has 2 aromatic rings. The van der Waals surface area contributed by atoms with E-state index in [1.165, 1.54) is 36.1 Å². The van der Waals surface area contributed by atoms with Crippen molar-refractivity contribution in [1.29, 1.82) is 0 Å². The quantitative estimate of drug-likeness (QED) is 0.492. The summed E-state index contributed by atoms with van der Waals surface area (Å²) in [5.74, 6) is -0.183. The van der Waals surface area contributed by atoms with E-state index in [-0.39, 0.29) is 24.6 Å². The molecule has 0 spiro atoms. The lowest BCUT2D eigenvalue weighted by molar-refractivity contribution is -0.139. The molecular formula is C28H37F3N4O. The minimum Gasteiger partial charge on any atom is -0.365 e. The van der Waals surface area contributed by atoms with Crippen LogP contribution in [0, 0.1) is 0 Å². The van der Waals surface area contributed by atoms with E-state index in [1.54, 1.807) is 11.0 Å². The van der Waals surface area contributed by atoms with Crippen molar-refractivity contribution < 1.29 is 18.0 Å². The predicted octanol–water partition coefficient (Wildman–Crippen LogP) is 4.81. The Morgan fingerprint density at radius 2 is 1.75 bits per heavy atom. The van der Waals surface area contributed by atoms with Gasteiger partial charge in [-0.25, -0.2) is 0 Å². The minimum absolute atomic E-state index is 0.0729. The summed E-state index contributed by atoms with van der Waals surface area (Å²) in [6.07, 6.45) is -0.978. The van der Waals surface area contributed by atoms with E-state index in [0.717, 1.165) is 24.7 Å². The van der Waals surface area contributed by atoms with Crippen LogP contribution in [0.2, 0.25) is 0 Å². The first-order valence-corrected chi connectivity index (χ1v) is 12.7. The molecule has 196 valence electrons. The smallest absolute Gasteiger partial charge is 0.365 e. The molecule has 2 aromatic carbocycles. The molecule has 1 unspecified atom stereocenters. The molecule has 36 heavy (non-hydrogen) atoms. The number of nitrogens with zero attached hydrogens (tertiary/aromatic N) is 4. The molecule has 0 aromatic heterocycles. The summed E-state index contributed by atoms with van der Waals surface area (Å²) in [7, 11) is 5.68. The van der Waals surface area contributed by atoms with Crippen molar-refractivity contribution in [3.05, 3.63) is 64.7 Å². The van der Waals surface area contributed by atoms with Crippen molar-refractivity contribution in [1.82, 2.24) is 14.7 Å². The second-order valence-electron chi connectivity index (χ2n) is 10.4. The number of amides is 1. The van der Waals surface area contributed by atoms with Crippen molar-refractivity contribution in [2.24, 2.45) is 0 Å². The maximum absolute atomic E-state index is 13.6. The highest BCUT2D eigenvalue weighted by molar-refractivity contribution is 5.82. The van der Waals surface area contributed by atoms with Crippen LogP contribution in [0.4, 0.5) is 18.9 Å². The van der Waals surface area contributed by atoms with E-state index in [1.807, 2.05) is 37.0 Å². The summed E-state index contributed by atoms with van der Waals surface area (Å²) in [5, 5.41) is 0. The highest BCUT2D eigenvalue weighted by Crippen LogP contribution is 2.41. The van der Waals surface area contributed by atoms with Crippen LogP contribution in [0.5, 0.6) is 0 Å². The summed E-state index contributed by atoms with van der Waals surface area (Å²) in [6, 6.07) is 12.8. The van der Waals surface area contributed by atoms with Gasteiger partial charge in [-0.05, 0) is 69.1 Å². The number of alkyl halides is 3. The molecule has 1 saturated carbocycles. The molecule has 4 rings (SSSR count). The summed E-state index contributed by atoms with van der Waals surface area (Å²) < 4.78 is 40.8. The van der Waals surface area contributed by atoms with Gasteiger partial charge in [0.2, 0.25) is 5.91 Å². The molecule has 0 bridgehead atoms. The third-order valence-electron chi connectivity index (χ3n) is 7.41. The molecule has 1 atom stereocenters. The summed E-state index contributed by atoms with van der Waals surface area (Å²) in [5.41, 5.74) is 3.05. The van der Waals surface area contributed by atoms with Crippen LogP contribution in [0.25, 0.3) is 0 Å². The van der Waals surface area contributed by atoms with E-state index in [2.05, 4.69) is 24.0 Å². The van der Waals surface area contributed by atoms with Crippen molar-refractivity contribution in [3.8, 4) is 0 Å². The number of carbonyl (C=O) groups excluding carboxylic acids is 1. The maximum atomic E-state index is 13.6. The highest BCUT2D eigenvalue weighted by Gasteiger charge is 2.37. The second kappa shape index (κ2) is 10.8. The third kappa shape index (κ3) is 6.03. The van der Waals surface area contributed by atoms with Crippen LogP contribution < -0.4 is 4.90 Å². The van der Waals surface area contributed by atoms with Gasteiger partial charge in [0.15, 0.2) is 0 Å². The van der Waals surface area contributed by atoms with Gasteiger partial charge in [-0.2, -0.15) is 13.2 Å². The minimum atomic E-state index is -4.46. The van der Waals surface area contributed by atoms with Crippen LogP contribution >= 0.6 is 0 Å². The SMILES string of the molecule is CC1c2cccc(N(C)CC(=O)N(CCN(C)C)Cc3ccccc3C(F)(F)F)c2CCN1C1CC1. The van der Waals surface area contributed by atoms with Gasteiger partial charge in [-0.1, -0.05) is 30.3 Å². The van der Waals surface area contributed by atoms with Gasteiger partial charge in [0.1, 0.15) is 0 Å². The third-order valence-corrected chi connectivity index (χ3v) is 7.41. The lowest BCUT2D eigenvalue weighted by Gasteiger charge is -2.37. The molecule has 2 aliphatic rings. The van der Waals surface area contributed by atoms with Crippen LogP contribution in [0.15, 0.2) is 42.5 Å². The molecule has 1 heterocycles. The zero-order chi connectivity index (χ0) is 26.0. The monoisotopic (exact) mass is 502 g/mol. The molecule has 5 nitrogen and oxygen atoms in total. The Labute approximate surface area is 212 Å². The number of hydrogen-bond acceptors (Lipinski definition) is 4. The first-order chi connectivity index (χ1) is 17.1. The fourth-order valence-electron chi connectivity index (χ4n) is 5.27. The molecule has 1 aliphatic heterocycles. The molecular weight excluding hydrogens is 465 g/mol. The van der Waals surface area contributed by atoms with Crippen LogP contribution in [0.1, 0.15) is 48.1 Å². The van der Waals surface area contributed by atoms with Crippen molar-refractivity contribution >= 4 is 11.6 Å². The number of carbonyl (C=O) groups is 1. The summed E-state index contributed by atoms with van der Waals surface area (Å²) >= 11 is 0. The standard InChI is InChI=1S/C28H37F3N4O/c1-20-23-9-7-11-26(24(23)14-15-35(20)22-12-13-22)33(4)19-27(36)34(17-16-32(2)3)18-21-8-5-6-10-25(21)28(29,30)31/h5-11,20,22H,12-19H2,1-4H3. The first-order valence-electron chi connectivity index (χ1n) is 12.7. The van der Waals surface area contributed by atoms with E-state index in [9.17, 15) is 18.0 Å². The van der Waals surface area contributed by atoms with E-state index < -0.39 is 11.7 Å².